The summed E-state index contributed by atoms with van der Waals surface area (Å²) in [5.41, 5.74) is 0.726. The van der Waals surface area contributed by atoms with Crippen molar-refractivity contribution in [3.05, 3.63) is 57.6 Å². The predicted octanol–water partition coefficient (Wildman–Crippen LogP) is 3.18. The van der Waals surface area contributed by atoms with E-state index in [1.165, 1.54) is 26.4 Å². The minimum atomic E-state index is -0.488. The molecule has 0 N–H and O–H groups in total. The van der Waals surface area contributed by atoms with Gasteiger partial charge in [0.25, 0.3) is 5.69 Å². The molecule has 0 saturated heterocycles. The smallest absolute Gasteiger partial charge is 0.276 e. The Morgan fingerprint density at radius 1 is 1.08 bits per heavy atom. The normalized spacial score (nSPS) is 10.1. The van der Waals surface area contributed by atoms with Crippen LogP contribution in [-0.2, 0) is 0 Å². The molecule has 0 heterocycles. The second-order valence-electron chi connectivity index (χ2n) is 4.94. The third kappa shape index (κ3) is 3.62. The van der Waals surface area contributed by atoms with Gasteiger partial charge in [-0.05, 0) is 31.2 Å². The molecule has 0 aliphatic carbocycles. The van der Waals surface area contributed by atoms with Gasteiger partial charge in [0.05, 0.1) is 24.7 Å². The fourth-order valence-electron chi connectivity index (χ4n) is 2.19. The van der Waals surface area contributed by atoms with E-state index in [-0.39, 0.29) is 18.1 Å². The summed E-state index contributed by atoms with van der Waals surface area (Å²) in [6.07, 6.45) is 0. The van der Waals surface area contributed by atoms with E-state index in [9.17, 15) is 14.9 Å². The summed E-state index contributed by atoms with van der Waals surface area (Å²) >= 11 is 0. The Morgan fingerprint density at radius 3 is 2.42 bits per heavy atom. The second kappa shape index (κ2) is 7.45. The zero-order valence-corrected chi connectivity index (χ0v) is 13.6. The lowest BCUT2D eigenvalue weighted by atomic mass is 10.1. The topological polar surface area (TPSA) is 87.9 Å². The predicted molar refractivity (Wildman–Crippen MR) is 87.2 cm³/mol. The first-order chi connectivity index (χ1) is 11.5. The van der Waals surface area contributed by atoms with E-state index < -0.39 is 4.92 Å². The van der Waals surface area contributed by atoms with Crippen LogP contribution in [0, 0.1) is 17.0 Å². The molecule has 0 radical (unpaired) electrons. The number of carbonyl (C=O) groups is 1. The summed E-state index contributed by atoms with van der Waals surface area (Å²) < 4.78 is 15.7. The monoisotopic (exact) mass is 331 g/mol. The number of hydrogen-bond donors (Lipinski definition) is 0. The minimum absolute atomic E-state index is 0.0499. The lowest BCUT2D eigenvalue weighted by Crippen LogP contribution is -2.12. The lowest BCUT2D eigenvalue weighted by molar-refractivity contribution is -0.385. The van der Waals surface area contributed by atoms with Crippen molar-refractivity contribution in [3.63, 3.8) is 0 Å². The van der Waals surface area contributed by atoms with Crippen LogP contribution in [0.5, 0.6) is 17.2 Å². The van der Waals surface area contributed by atoms with Crippen molar-refractivity contribution < 1.29 is 23.9 Å². The van der Waals surface area contributed by atoms with Gasteiger partial charge in [0.15, 0.2) is 23.9 Å². The van der Waals surface area contributed by atoms with E-state index in [1.54, 1.807) is 31.2 Å². The van der Waals surface area contributed by atoms with Gasteiger partial charge in [-0.3, -0.25) is 14.9 Å². The van der Waals surface area contributed by atoms with Crippen LogP contribution in [0.25, 0.3) is 0 Å². The molecule has 0 unspecified atom stereocenters. The van der Waals surface area contributed by atoms with Crippen LogP contribution in [0.4, 0.5) is 5.69 Å². The number of carbonyl (C=O) groups excluding carboxylic acids is 1. The molecule has 0 aliphatic heterocycles. The van der Waals surface area contributed by atoms with Crippen LogP contribution in [0.1, 0.15) is 15.9 Å². The molecule has 0 saturated carbocycles. The van der Waals surface area contributed by atoms with Gasteiger partial charge < -0.3 is 14.2 Å². The quantitative estimate of drug-likeness (QED) is 0.440. The number of ketones is 1. The number of nitrogens with zero attached hydrogens (tertiary/aromatic N) is 1. The number of nitro benzene ring substituents is 1. The van der Waals surface area contributed by atoms with Crippen molar-refractivity contribution >= 4 is 11.5 Å². The zero-order chi connectivity index (χ0) is 17.7. The average Bonchev–Trinajstić information content (AvgIpc) is 2.59. The lowest BCUT2D eigenvalue weighted by Gasteiger charge is -2.11. The van der Waals surface area contributed by atoms with Crippen LogP contribution in [0.15, 0.2) is 36.4 Å². The summed E-state index contributed by atoms with van der Waals surface area (Å²) in [6.45, 7) is 1.34. The Bertz CT molecular complexity index is 772. The molecule has 24 heavy (non-hydrogen) atoms. The Morgan fingerprint density at radius 2 is 1.79 bits per heavy atom. The highest BCUT2D eigenvalue weighted by atomic mass is 16.6. The van der Waals surface area contributed by atoms with Crippen molar-refractivity contribution in [1.29, 1.82) is 0 Å². The SMILES string of the molecule is COc1ccc(C(=O)COc2cccc([N+](=O)[O-])c2C)cc1OC. The highest BCUT2D eigenvalue weighted by Crippen LogP contribution is 2.29. The highest BCUT2D eigenvalue weighted by Gasteiger charge is 2.16. The molecule has 2 rings (SSSR count). The maximum atomic E-state index is 12.3. The first-order valence-corrected chi connectivity index (χ1v) is 7.10. The summed E-state index contributed by atoms with van der Waals surface area (Å²) in [5, 5.41) is 10.9. The molecule has 2 aromatic carbocycles. The Labute approximate surface area is 138 Å². The largest absolute Gasteiger partial charge is 0.493 e. The highest BCUT2D eigenvalue weighted by molar-refractivity contribution is 5.97. The maximum absolute atomic E-state index is 12.3. The molecule has 0 spiro atoms. The van der Waals surface area contributed by atoms with E-state index in [0.29, 0.717) is 28.4 Å². The van der Waals surface area contributed by atoms with E-state index in [4.69, 9.17) is 14.2 Å². The molecule has 0 bridgehead atoms. The van der Waals surface area contributed by atoms with Gasteiger partial charge in [0.1, 0.15) is 5.75 Å². The summed E-state index contributed by atoms with van der Waals surface area (Å²) in [6, 6.07) is 9.28. The van der Waals surface area contributed by atoms with Gasteiger partial charge in [-0.2, -0.15) is 0 Å². The first-order valence-electron chi connectivity index (χ1n) is 7.10. The molecular weight excluding hydrogens is 314 g/mol. The summed E-state index contributed by atoms with van der Waals surface area (Å²) in [4.78, 5) is 22.7. The number of nitro groups is 1. The molecule has 126 valence electrons. The fraction of sp³-hybridized carbons (Fsp3) is 0.235. The van der Waals surface area contributed by atoms with Gasteiger partial charge in [-0.1, -0.05) is 6.07 Å². The van der Waals surface area contributed by atoms with Crippen molar-refractivity contribution in [3.8, 4) is 17.2 Å². The maximum Gasteiger partial charge on any atom is 0.276 e. The Kier molecular flexibility index (Phi) is 5.36. The standard InChI is InChI=1S/C17H17NO6/c1-11-13(18(20)21)5-4-6-15(11)24-10-14(19)12-7-8-16(22-2)17(9-12)23-3/h4-9H,10H2,1-3H3. The number of ether oxygens (including phenoxy) is 3. The van der Waals surface area contributed by atoms with Gasteiger partial charge in [0.2, 0.25) is 0 Å². The molecule has 0 fully saturated rings. The van der Waals surface area contributed by atoms with Crippen LogP contribution in [0.3, 0.4) is 0 Å². The van der Waals surface area contributed by atoms with Crippen LogP contribution < -0.4 is 14.2 Å². The number of hydrogen-bond acceptors (Lipinski definition) is 6. The van der Waals surface area contributed by atoms with Gasteiger partial charge in [-0.15, -0.1) is 0 Å². The molecule has 2 aromatic rings. The van der Waals surface area contributed by atoms with Gasteiger partial charge in [0, 0.05) is 11.6 Å². The van der Waals surface area contributed by atoms with Crippen LogP contribution in [-0.4, -0.2) is 31.5 Å². The molecule has 0 atom stereocenters. The van der Waals surface area contributed by atoms with E-state index in [2.05, 4.69) is 0 Å². The minimum Gasteiger partial charge on any atom is -0.493 e. The Hall–Kier alpha value is -3.09. The van der Waals surface area contributed by atoms with Gasteiger partial charge >= 0.3 is 0 Å². The van der Waals surface area contributed by atoms with Crippen LogP contribution in [0.2, 0.25) is 0 Å². The second-order valence-corrected chi connectivity index (χ2v) is 4.94. The number of benzene rings is 2. The fourth-order valence-corrected chi connectivity index (χ4v) is 2.19. The molecule has 7 nitrogen and oxygen atoms in total. The number of rotatable bonds is 7. The Balaban J connectivity index is 2.14. The summed E-state index contributed by atoms with van der Waals surface area (Å²) in [7, 11) is 2.99. The molecule has 0 amide bonds. The van der Waals surface area contributed by atoms with Crippen LogP contribution >= 0.6 is 0 Å². The summed E-state index contributed by atoms with van der Waals surface area (Å²) in [5.74, 6) is 0.985. The van der Waals surface area contributed by atoms with E-state index >= 15 is 0 Å². The first kappa shape index (κ1) is 17.3. The van der Waals surface area contributed by atoms with E-state index in [0.717, 1.165) is 0 Å². The van der Waals surface area contributed by atoms with Crippen molar-refractivity contribution in [2.75, 3.05) is 20.8 Å². The zero-order valence-electron chi connectivity index (χ0n) is 13.6. The molecule has 0 aliphatic rings. The average molecular weight is 331 g/mol. The molecule has 0 aromatic heterocycles. The van der Waals surface area contributed by atoms with E-state index in [1.807, 2.05) is 0 Å². The third-order valence-corrected chi connectivity index (χ3v) is 3.52. The number of methoxy groups -OCH3 is 2. The number of Topliss-reactive ketones (excluding diaryl/α,β-unsaturated/α-hetero) is 1. The third-order valence-electron chi connectivity index (χ3n) is 3.52. The van der Waals surface area contributed by atoms with Crippen molar-refractivity contribution in [1.82, 2.24) is 0 Å². The van der Waals surface area contributed by atoms with Crippen molar-refractivity contribution in [2.24, 2.45) is 0 Å². The molecular formula is C17H17NO6. The van der Waals surface area contributed by atoms with Crippen molar-refractivity contribution in [2.45, 2.75) is 6.92 Å². The van der Waals surface area contributed by atoms with Gasteiger partial charge in [-0.25, -0.2) is 0 Å². The molecule has 7 heteroatoms.